The molecule has 0 aliphatic rings. The topological polar surface area (TPSA) is 46.9 Å². The van der Waals surface area contributed by atoms with Crippen molar-refractivity contribution in [1.82, 2.24) is 15.1 Å². The maximum atomic E-state index is 11.3. The molecular formula is C10H16ClN3O. The van der Waals surface area contributed by atoms with Gasteiger partial charge in [0.25, 0.3) is 0 Å². The van der Waals surface area contributed by atoms with Gasteiger partial charge in [-0.3, -0.25) is 9.48 Å². The minimum Gasteiger partial charge on any atom is -0.354 e. The average molecular weight is 230 g/mol. The van der Waals surface area contributed by atoms with Crippen molar-refractivity contribution in [3.8, 4) is 0 Å². The fourth-order valence-electron chi connectivity index (χ4n) is 1.22. The van der Waals surface area contributed by atoms with Gasteiger partial charge in [0.1, 0.15) is 0 Å². The van der Waals surface area contributed by atoms with E-state index in [-0.39, 0.29) is 11.9 Å². The lowest BCUT2D eigenvalue weighted by molar-refractivity contribution is -0.121. The molecule has 5 heteroatoms. The van der Waals surface area contributed by atoms with Crippen molar-refractivity contribution in [2.24, 2.45) is 0 Å². The van der Waals surface area contributed by atoms with Crippen molar-refractivity contribution in [2.75, 3.05) is 0 Å². The third-order valence-corrected chi connectivity index (χ3v) is 2.28. The highest BCUT2D eigenvalue weighted by molar-refractivity contribution is 6.31. The van der Waals surface area contributed by atoms with E-state index in [1.807, 2.05) is 20.8 Å². The van der Waals surface area contributed by atoms with Gasteiger partial charge in [0, 0.05) is 25.2 Å². The lowest BCUT2D eigenvalue weighted by Gasteiger charge is -2.07. The highest BCUT2D eigenvalue weighted by Crippen LogP contribution is 2.11. The molecule has 0 aliphatic heterocycles. The van der Waals surface area contributed by atoms with Crippen LogP contribution < -0.4 is 5.32 Å². The van der Waals surface area contributed by atoms with E-state index in [0.717, 1.165) is 5.69 Å². The number of carbonyl (C=O) groups is 1. The molecule has 0 spiro atoms. The monoisotopic (exact) mass is 229 g/mol. The summed E-state index contributed by atoms with van der Waals surface area (Å²) in [7, 11) is 0. The molecule has 4 nitrogen and oxygen atoms in total. The van der Waals surface area contributed by atoms with E-state index in [9.17, 15) is 4.79 Å². The van der Waals surface area contributed by atoms with Gasteiger partial charge in [0.15, 0.2) is 0 Å². The molecule has 0 aliphatic carbocycles. The Kier molecular flexibility index (Phi) is 4.15. The van der Waals surface area contributed by atoms with E-state index in [0.29, 0.717) is 18.0 Å². The summed E-state index contributed by atoms with van der Waals surface area (Å²) in [5.41, 5.74) is 0.793. The minimum atomic E-state index is 0.0364. The number of nitrogens with one attached hydrogen (secondary N) is 1. The molecule has 1 aromatic heterocycles. The number of amides is 1. The van der Waals surface area contributed by atoms with Gasteiger partial charge in [-0.25, -0.2) is 0 Å². The van der Waals surface area contributed by atoms with Gasteiger partial charge in [-0.05, 0) is 20.8 Å². The summed E-state index contributed by atoms with van der Waals surface area (Å²) < 4.78 is 1.69. The highest BCUT2D eigenvalue weighted by atomic mass is 35.5. The van der Waals surface area contributed by atoms with Gasteiger partial charge in [-0.2, -0.15) is 5.10 Å². The minimum absolute atomic E-state index is 0.0364. The van der Waals surface area contributed by atoms with Gasteiger partial charge >= 0.3 is 0 Å². The van der Waals surface area contributed by atoms with Crippen molar-refractivity contribution >= 4 is 17.5 Å². The summed E-state index contributed by atoms with van der Waals surface area (Å²) in [5, 5.41) is 7.63. The van der Waals surface area contributed by atoms with E-state index in [1.54, 1.807) is 10.9 Å². The molecular weight excluding hydrogens is 214 g/mol. The number of hydrogen-bond acceptors (Lipinski definition) is 2. The van der Waals surface area contributed by atoms with Crippen molar-refractivity contribution in [2.45, 2.75) is 39.8 Å². The molecule has 0 bridgehead atoms. The van der Waals surface area contributed by atoms with Crippen LogP contribution in [0.2, 0.25) is 5.02 Å². The van der Waals surface area contributed by atoms with Gasteiger partial charge in [-0.1, -0.05) is 11.6 Å². The molecule has 84 valence electrons. The Hall–Kier alpha value is -1.03. The van der Waals surface area contributed by atoms with Crippen molar-refractivity contribution < 1.29 is 4.79 Å². The van der Waals surface area contributed by atoms with E-state index >= 15 is 0 Å². The maximum Gasteiger partial charge on any atom is 0.222 e. The van der Waals surface area contributed by atoms with E-state index in [1.165, 1.54) is 0 Å². The van der Waals surface area contributed by atoms with Crippen molar-refractivity contribution in [3.05, 3.63) is 16.9 Å². The van der Waals surface area contributed by atoms with Crippen LogP contribution in [0.5, 0.6) is 0 Å². The molecule has 1 amide bonds. The first-order valence-corrected chi connectivity index (χ1v) is 5.35. The van der Waals surface area contributed by atoms with Crippen LogP contribution in [-0.2, 0) is 11.3 Å². The Morgan fingerprint density at radius 3 is 2.80 bits per heavy atom. The Labute approximate surface area is 94.6 Å². The van der Waals surface area contributed by atoms with Gasteiger partial charge < -0.3 is 5.32 Å². The number of aromatic nitrogens is 2. The molecule has 1 N–H and O–H groups in total. The van der Waals surface area contributed by atoms with Crippen LogP contribution in [0.1, 0.15) is 26.0 Å². The normalized spacial score (nSPS) is 10.7. The van der Waals surface area contributed by atoms with Crippen LogP contribution in [-0.4, -0.2) is 21.7 Å². The van der Waals surface area contributed by atoms with Crippen LogP contribution in [0.15, 0.2) is 6.20 Å². The molecule has 0 atom stereocenters. The van der Waals surface area contributed by atoms with Crippen molar-refractivity contribution in [1.29, 1.82) is 0 Å². The first-order chi connectivity index (χ1) is 6.99. The molecule has 0 fully saturated rings. The van der Waals surface area contributed by atoms with E-state index < -0.39 is 0 Å². The summed E-state index contributed by atoms with van der Waals surface area (Å²) in [5.74, 6) is 0.0364. The van der Waals surface area contributed by atoms with Gasteiger partial charge in [0.2, 0.25) is 5.91 Å². The highest BCUT2D eigenvalue weighted by Gasteiger charge is 2.05. The largest absolute Gasteiger partial charge is 0.354 e. The van der Waals surface area contributed by atoms with E-state index in [4.69, 9.17) is 11.6 Å². The number of rotatable bonds is 4. The predicted molar refractivity (Wildman–Crippen MR) is 59.9 cm³/mol. The SMILES string of the molecule is Cc1nn(CCC(=O)NC(C)C)cc1Cl. The number of hydrogen-bond donors (Lipinski definition) is 1. The smallest absolute Gasteiger partial charge is 0.222 e. The third-order valence-electron chi connectivity index (χ3n) is 1.90. The van der Waals surface area contributed by atoms with Crippen LogP contribution >= 0.6 is 11.6 Å². The maximum absolute atomic E-state index is 11.3. The second kappa shape index (κ2) is 5.16. The fraction of sp³-hybridized carbons (Fsp3) is 0.600. The second-order valence-corrected chi connectivity index (χ2v) is 4.20. The predicted octanol–water partition coefficient (Wildman–Crippen LogP) is 1.76. The molecule has 1 rings (SSSR count). The second-order valence-electron chi connectivity index (χ2n) is 3.80. The molecule has 15 heavy (non-hydrogen) atoms. The molecule has 1 aromatic rings. The zero-order chi connectivity index (χ0) is 11.4. The Morgan fingerprint density at radius 2 is 2.33 bits per heavy atom. The quantitative estimate of drug-likeness (QED) is 0.855. The summed E-state index contributed by atoms with van der Waals surface area (Å²) in [6.45, 7) is 6.28. The summed E-state index contributed by atoms with van der Waals surface area (Å²) in [6, 6.07) is 0.181. The Morgan fingerprint density at radius 1 is 1.67 bits per heavy atom. The average Bonchev–Trinajstić information content (AvgIpc) is 2.42. The number of carbonyl (C=O) groups excluding carboxylic acids is 1. The van der Waals surface area contributed by atoms with Crippen LogP contribution in [0.25, 0.3) is 0 Å². The van der Waals surface area contributed by atoms with Crippen LogP contribution in [0.3, 0.4) is 0 Å². The Bertz CT molecular complexity index is 327. The first kappa shape index (κ1) is 12.0. The number of aryl methyl sites for hydroxylation is 2. The number of halogens is 1. The zero-order valence-electron chi connectivity index (χ0n) is 9.25. The molecule has 0 saturated carbocycles. The van der Waals surface area contributed by atoms with Gasteiger partial charge in [-0.15, -0.1) is 0 Å². The van der Waals surface area contributed by atoms with Crippen molar-refractivity contribution in [3.63, 3.8) is 0 Å². The summed E-state index contributed by atoms with van der Waals surface area (Å²) >= 11 is 5.85. The standard InChI is InChI=1S/C10H16ClN3O/c1-7(2)12-10(15)4-5-14-6-9(11)8(3)13-14/h6-7H,4-5H2,1-3H3,(H,12,15). The third kappa shape index (κ3) is 3.91. The lowest BCUT2D eigenvalue weighted by Crippen LogP contribution is -2.30. The fourth-order valence-corrected chi connectivity index (χ4v) is 1.37. The first-order valence-electron chi connectivity index (χ1n) is 4.98. The lowest BCUT2D eigenvalue weighted by atomic mass is 10.3. The molecule has 0 aromatic carbocycles. The molecule has 0 unspecified atom stereocenters. The molecule has 1 heterocycles. The molecule has 0 saturated heterocycles. The van der Waals surface area contributed by atoms with E-state index in [2.05, 4.69) is 10.4 Å². The van der Waals surface area contributed by atoms with Crippen LogP contribution in [0.4, 0.5) is 0 Å². The summed E-state index contributed by atoms with van der Waals surface area (Å²) in [6.07, 6.45) is 2.16. The van der Waals surface area contributed by atoms with Gasteiger partial charge in [0.05, 0.1) is 10.7 Å². The number of nitrogens with zero attached hydrogens (tertiary/aromatic N) is 2. The molecule has 0 radical (unpaired) electrons. The summed E-state index contributed by atoms with van der Waals surface area (Å²) in [4.78, 5) is 11.3. The zero-order valence-corrected chi connectivity index (χ0v) is 10.0. The Balaban J connectivity index is 2.40. The van der Waals surface area contributed by atoms with Crippen LogP contribution in [0, 0.1) is 6.92 Å².